The maximum Gasteiger partial charge on any atom is 0.413 e. The first-order chi connectivity index (χ1) is 14.5. The summed E-state index contributed by atoms with van der Waals surface area (Å²) in [6.45, 7) is 5.25. The van der Waals surface area contributed by atoms with Gasteiger partial charge in [0.1, 0.15) is 6.10 Å². The average Bonchev–Trinajstić information content (AvgIpc) is 3.03. The molecular weight excluding hydrogens is 422 g/mol. The first kappa shape index (κ1) is 22.2. The summed E-state index contributed by atoms with van der Waals surface area (Å²) < 4.78 is 32.2. The molecule has 1 atom stereocenters. The number of amides is 1. The van der Waals surface area contributed by atoms with E-state index in [9.17, 15) is 13.2 Å². The van der Waals surface area contributed by atoms with Gasteiger partial charge in [-0.05, 0) is 39.0 Å². The fourth-order valence-corrected chi connectivity index (χ4v) is 3.56. The van der Waals surface area contributed by atoms with E-state index >= 15 is 0 Å². The highest BCUT2D eigenvalue weighted by Crippen LogP contribution is 2.27. The summed E-state index contributed by atoms with van der Waals surface area (Å²) in [5.74, 6) is 0.288. The number of anilines is 2. The number of nitrogens with one attached hydrogen (secondary N) is 2. The maximum atomic E-state index is 12.5. The molecule has 3 aromatic heterocycles. The average molecular weight is 446 g/mol. The number of ether oxygens (including phenoxy) is 1. The summed E-state index contributed by atoms with van der Waals surface area (Å²) in [7, 11) is -1.82. The van der Waals surface area contributed by atoms with Crippen LogP contribution in [0.25, 0.3) is 11.4 Å². The van der Waals surface area contributed by atoms with E-state index in [1.807, 2.05) is 13.0 Å². The summed E-state index contributed by atoms with van der Waals surface area (Å²) >= 11 is 0. The molecule has 0 aromatic carbocycles. The summed E-state index contributed by atoms with van der Waals surface area (Å²) in [5, 5.41) is 10.7. The van der Waals surface area contributed by atoms with Crippen molar-refractivity contribution in [1.82, 2.24) is 25.0 Å². The van der Waals surface area contributed by atoms with Gasteiger partial charge >= 0.3 is 6.09 Å². The molecule has 2 N–H and O–H groups in total. The Morgan fingerprint density at radius 3 is 2.58 bits per heavy atom. The minimum Gasteiger partial charge on any atom is -0.441 e. The Hall–Kier alpha value is -3.54. The Kier molecular flexibility index (Phi) is 6.20. The third-order valence-electron chi connectivity index (χ3n) is 4.44. The lowest BCUT2D eigenvalue weighted by molar-refractivity contribution is 0.120. The van der Waals surface area contributed by atoms with Gasteiger partial charge in [-0.25, -0.2) is 22.9 Å². The summed E-state index contributed by atoms with van der Waals surface area (Å²) in [4.78, 5) is 21.1. The Morgan fingerprint density at radius 1 is 1.19 bits per heavy atom. The van der Waals surface area contributed by atoms with Crippen molar-refractivity contribution in [3.63, 3.8) is 0 Å². The summed E-state index contributed by atoms with van der Waals surface area (Å²) in [6.07, 6.45) is 1.53. The quantitative estimate of drug-likeness (QED) is 0.590. The van der Waals surface area contributed by atoms with Crippen LogP contribution in [-0.4, -0.2) is 45.7 Å². The van der Waals surface area contributed by atoms with Crippen LogP contribution in [0.1, 0.15) is 30.0 Å². The van der Waals surface area contributed by atoms with Gasteiger partial charge in [-0.1, -0.05) is 11.3 Å². The van der Waals surface area contributed by atoms with Gasteiger partial charge in [-0.15, -0.1) is 5.10 Å². The van der Waals surface area contributed by atoms with Crippen LogP contribution in [0.15, 0.2) is 30.5 Å². The molecule has 0 saturated carbocycles. The lowest BCUT2D eigenvalue weighted by Crippen LogP contribution is -2.19. The predicted molar refractivity (Wildman–Crippen MR) is 115 cm³/mol. The van der Waals surface area contributed by atoms with Crippen LogP contribution in [0, 0.1) is 13.8 Å². The van der Waals surface area contributed by atoms with Gasteiger partial charge in [0.2, 0.25) is 10.0 Å². The minimum absolute atomic E-state index is 0.288. The fourth-order valence-electron chi connectivity index (χ4n) is 2.95. The highest BCUT2D eigenvalue weighted by Gasteiger charge is 2.20. The first-order valence-electron chi connectivity index (χ1n) is 9.30. The van der Waals surface area contributed by atoms with Crippen molar-refractivity contribution in [3.05, 3.63) is 47.4 Å². The van der Waals surface area contributed by atoms with E-state index < -0.39 is 22.2 Å². The fraction of sp³-hybridized carbons (Fsp3) is 0.316. The number of carbonyl (C=O) groups is 1. The van der Waals surface area contributed by atoms with Crippen molar-refractivity contribution in [2.75, 3.05) is 16.3 Å². The molecule has 0 saturated heterocycles. The molecule has 31 heavy (non-hydrogen) atoms. The molecule has 1 amide bonds. The van der Waals surface area contributed by atoms with E-state index in [2.05, 4.69) is 30.3 Å². The van der Waals surface area contributed by atoms with Crippen LogP contribution >= 0.6 is 0 Å². The van der Waals surface area contributed by atoms with Crippen LogP contribution in [0.4, 0.5) is 16.3 Å². The highest BCUT2D eigenvalue weighted by atomic mass is 32.2. The molecule has 0 fully saturated rings. The molecule has 0 aliphatic rings. The topological polar surface area (TPSA) is 141 Å². The maximum absolute atomic E-state index is 12.5. The molecule has 0 bridgehead atoms. The standard InChI is InChI=1S/C19H23N7O4S/c1-11-14(7-6-10-20-11)13(3)30-19(27)22-18-17(23-25-26(18)4)16-9-8-15(12(2)21-16)24-31(5,28)29/h6-10,13,24H,1-5H3,(H,22,27)/t13-/m1/s1. The molecule has 11 nitrogen and oxygen atoms in total. The first-order valence-corrected chi connectivity index (χ1v) is 11.2. The van der Waals surface area contributed by atoms with E-state index in [1.165, 1.54) is 4.68 Å². The van der Waals surface area contributed by atoms with Gasteiger partial charge in [-0.3, -0.25) is 15.0 Å². The third kappa shape index (κ3) is 5.34. The number of aryl methyl sites for hydroxylation is 3. The lowest BCUT2D eigenvalue weighted by Gasteiger charge is -2.16. The van der Waals surface area contributed by atoms with Gasteiger partial charge in [-0.2, -0.15) is 0 Å². The van der Waals surface area contributed by atoms with E-state index in [0.717, 1.165) is 17.5 Å². The largest absolute Gasteiger partial charge is 0.441 e. The van der Waals surface area contributed by atoms with Crippen LogP contribution in [0.3, 0.4) is 0 Å². The predicted octanol–water partition coefficient (Wildman–Crippen LogP) is 2.57. The van der Waals surface area contributed by atoms with E-state index in [0.29, 0.717) is 22.8 Å². The number of nitrogens with zero attached hydrogens (tertiary/aromatic N) is 5. The second-order valence-corrected chi connectivity index (χ2v) is 8.71. The van der Waals surface area contributed by atoms with Gasteiger partial charge < -0.3 is 4.74 Å². The zero-order chi connectivity index (χ0) is 22.8. The van der Waals surface area contributed by atoms with Crippen molar-refractivity contribution in [2.24, 2.45) is 7.05 Å². The van der Waals surface area contributed by atoms with Crippen molar-refractivity contribution in [1.29, 1.82) is 0 Å². The number of carbonyl (C=O) groups excluding carboxylic acids is 1. The monoisotopic (exact) mass is 445 g/mol. The van der Waals surface area contributed by atoms with Crippen LogP contribution in [0.2, 0.25) is 0 Å². The number of hydrogen-bond donors (Lipinski definition) is 2. The molecular formula is C19H23N7O4S. The molecule has 0 unspecified atom stereocenters. The molecule has 3 aromatic rings. The normalized spacial score (nSPS) is 12.3. The molecule has 0 radical (unpaired) electrons. The number of rotatable bonds is 6. The Labute approximate surface area is 179 Å². The number of pyridine rings is 2. The van der Waals surface area contributed by atoms with Crippen molar-refractivity contribution >= 4 is 27.6 Å². The Morgan fingerprint density at radius 2 is 1.94 bits per heavy atom. The molecule has 164 valence electrons. The molecule has 3 heterocycles. The molecule has 0 aliphatic heterocycles. The summed E-state index contributed by atoms with van der Waals surface area (Å²) in [5.41, 5.74) is 3.10. The van der Waals surface area contributed by atoms with Crippen LogP contribution < -0.4 is 10.0 Å². The Bertz CT molecular complexity index is 1220. The van der Waals surface area contributed by atoms with Crippen LogP contribution in [-0.2, 0) is 21.8 Å². The highest BCUT2D eigenvalue weighted by molar-refractivity contribution is 7.92. The van der Waals surface area contributed by atoms with Crippen molar-refractivity contribution in [2.45, 2.75) is 26.9 Å². The molecule has 0 spiro atoms. The van der Waals surface area contributed by atoms with Crippen molar-refractivity contribution in [3.8, 4) is 11.4 Å². The van der Waals surface area contributed by atoms with Crippen molar-refractivity contribution < 1.29 is 17.9 Å². The molecule has 0 aliphatic carbocycles. The Balaban J connectivity index is 1.80. The molecule has 3 rings (SSSR count). The van der Waals surface area contributed by atoms with E-state index in [4.69, 9.17) is 4.74 Å². The minimum atomic E-state index is -3.43. The van der Waals surface area contributed by atoms with E-state index in [1.54, 1.807) is 45.3 Å². The lowest BCUT2D eigenvalue weighted by atomic mass is 10.1. The summed E-state index contributed by atoms with van der Waals surface area (Å²) in [6, 6.07) is 6.78. The second kappa shape index (κ2) is 8.68. The number of aromatic nitrogens is 5. The SMILES string of the molecule is Cc1nc(-c2nnn(C)c2NC(=O)O[C@H](C)c2cccnc2C)ccc1NS(C)(=O)=O. The van der Waals surface area contributed by atoms with E-state index in [-0.39, 0.29) is 5.82 Å². The van der Waals surface area contributed by atoms with Gasteiger partial charge in [0.15, 0.2) is 11.5 Å². The smallest absolute Gasteiger partial charge is 0.413 e. The molecule has 12 heteroatoms. The zero-order valence-corrected chi connectivity index (χ0v) is 18.6. The number of hydrogen-bond acceptors (Lipinski definition) is 8. The van der Waals surface area contributed by atoms with Crippen LogP contribution in [0.5, 0.6) is 0 Å². The van der Waals surface area contributed by atoms with Gasteiger partial charge in [0, 0.05) is 24.5 Å². The van der Waals surface area contributed by atoms with Gasteiger partial charge in [0.05, 0.1) is 23.3 Å². The zero-order valence-electron chi connectivity index (χ0n) is 17.7. The number of sulfonamides is 1. The van der Waals surface area contributed by atoms with Gasteiger partial charge in [0.25, 0.3) is 0 Å². The second-order valence-electron chi connectivity index (χ2n) is 6.96. The third-order valence-corrected chi connectivity index (χ3v) is 5.03.